The zero-order chi connectivity index (χ0) is 13.5. The molecule has 0 aromatic rings. The molecule has 1 aliphatic rings. The smallest absolute Gasteiger partial charge is 0.320 e. The van der Waals surface area contributed by atoms with Crippen LogP contribution in [0.15, 0.2) is 0 Å². The van der Waals surface area contributed by atoms with Gasteiger partial charge in [0.2, 0.25) is 0 Å². The molecular formula is C15H30N2O. The molecule has 1 aliphatic heterocycles. The first-order valence-corrected chi connectivity index (χ1v) is 7.65. The van der Waals surface area contributed by atoms with Gasteiger partial charge in [-0.15, -0.1) is 0 Å². The topological polar surface area (TPSA) is 23.6 Å². The van der Waals surface area contributed by atoms with E-state index in [1.165, 1.54) is 0 Å². The molecule has 0 N–H and O–H groups in total. The molecule has 1 unspecified atom stereocenters. The van der Waals surface area contributed by atoms with Gasteiger partial charge in [-0.3, -0.25) is 0 Å². The number of rotatable bonds is 5. The van der Waals surface area contributed by atoms with Crippen LogP contribution in [0.1, 0.15) is 59.8 Å². The fraction of sp³-hybridized carbons (Fsp3) is 0.933. The SMILES string of the molecule is CCCCN(C(=O)N1CCC(C)CC1)C(C)CC. The van der Waals surface area contributed by atoms with Gasteiger partial charge in [0.05, 0.1) is 0 Å². The van der Waals surface area contributed by atoms with Crippen LogP contribution in [0.4, 0.5) is 4.79 Å². The summed E-state index contributed by atoms with van der Waals surface area (Å²) in [6.07, 6.45) is 5.62. The van der Waals surface area contributed by atoms with Crippen molar-refractivity contribution in [1.82, 2.24) is 9.80 Å². The number of unbranched alkanes of at least 4 members (excludes halogenated alkanes) is 1. The Kier molecular flexibility index (Phi) is 6.51. The van der Waals surface area contributed by atoms with Crippen LogP contribution in [0.2, 0.25) is 0 Å². The standard InChI is InChI=1S/C15H30N2O/c1-5-7-10-17(14(4)6-2)15(18)16-11-8-13(3)9-12-16/h13-14H,5-12H2,1-4H3. The molecule has 0 aromatic carbocycles. The van der Waals surface area contributed by atoms with Crippen LogP contribution in [-0.4, -0.2) is 41.5 Å². The lowest BCUT2D eigenvalue weighted by atomic mass is 9.99. The van der Waals surface area contributed by atoms with Crippen molar-refractivity contribution in [3.05, 3.63) is 0 Å². The quantitative estimate of drug-likeness (QED) is 0.733. The van der Waals surface area contributed by atoms with E-state index in [0.29, 0.717) is 6.04 Å². The van der Waals surface area contributed by atoms with Crippen molar-refractivity contribution >= 4 is 6.03 Å². The third-order valence-electron chi connectivity index (χ3n) is 4.18. The summed E-state index contributed by atoms with van der Waals surface area (Å²) in [7, 11) is 0. The summed E-state index contributed by atoms with van der Waals surface area (Å²) >= 11 is 0. The molecule has 1 saturated heterocycles. The highest BCUT2D eigenvalue weighted by Crippen LogP contribution is 2.19. The van der Waals surface area contributed by atoms with Gasteiger partial charge in [0, 0.05) is 25.7 Å². The predicted molar refractivity (Wildman–Crippen MR) is 76.7 cm³/mol. The van der Waals surface area contributed by atoms with Gasteiger partial charge in [0.15, 0.2) is 0 Å². The molecular weight excluding hydrogens is 224 g/mol. The number of likely N-dealkylation sites (tertiary alicyclic amines) is 1. The molecule has 0 aromatic heterocycles. The number of amides is 2. The highest BCUT2D eigenvalue weighted by molar-refractivity contribution is 5.74. The maximum absolute atomic E-state index is 12.6. The Labute approximate surface area is 113 Å². The maximum Gasteiger partial charge on any atom is 0.320 e. The Morgan fingerprint density at radius 3 is 2.44 bits per heavy atom. The zero-order valence-corrected chi connectivity index (χ0v) is 12.6. The van der Waals surface area contributed by atoms with Gasteiger partial charge < -0.3 is 9.80 Å². The van der Waals surface area contributed by atoms with Gasteiger partial charge in [0.25, 0.3) is 0 Å². The van der Waals surface area contributed by atoms with Crippen molar-refractivity contribution in [2.24, 2.45) is 5.92 Å². The second-order valence-corrected chi connectivity index (χ2v) is 5.76. The first-order valence-electron chi connectivity index (χ1n) is 7.65. The minimum atomic E-state index is 0.268. The number of carbonyl (C=O) groups excluding carboxylic acids is 1. The van der Waals surface area contributed by atoms with Gasteiger partial charge in [-0.25, -0.2) is 4.79 Å². The van der Waals surface area contributed by atoms with Gasteiger partial charge in [-0.1, -0.05) is 27.2 Å². The molecule has 1 fully saturated rings. The van der Waals surface area contributed by atoms with Crippen molar-refractivity contribution in [3.8, 4) is 0 Å². The number of urea groups is 1. The molecule has 0 spiro atoms. The highest BCUT2D eigenvalue weighted by atomic mass is 16.2. The lowest BCUT2D eigenvalue weighted by Gasteiger charge is -2.37. The molecule has 2 amide bonds. The third-order valence-corrected chi connectivity index (χ3v) is 4.18. The second kappa shape index (κ2) is 7.65. The zero-order valence-electron chi connectivity index (χ0n) is 12.6. The van der Waals surface area contributed by atoms with Crippen molar-refractivity contribution in [2.45, 2.75) is 65.8 Å². The Hall–Kier alpha value is -0.730. The molecule has 3 heteroatoms. The van der Waals surface area contributed by atoms with Gasteiger partial charge >= 0.3 is 6.03 Å². The Balaban J connectivity index is 2.57. The van der Waals surface area contributed by atoms with E-state index in [1.54, 1.807) is 0 Å². The Morgan fingerprint density at radius 1 is 1.33 bits per heavy atom. The van der Waals surface area contributed by atoms with E-state index in [1.807, 2.05) is 0 Å². The molecule has 1 rings (SSSR count). The second-order valence-electron chi connectivity index (χ2n) is 5.76. The van der Waals surface area contributed by atoms with E-state index in [2.05, 4.69) is 37.5 Å². The van der Waals surface area contributed by atoms with Crippen LogP contribution >= 0.6 is 0 Å². The monoisotopic (exact) mass is 254 g/mol. The molecule has 1 heterocycles. The fourth-order valence-corrected chi connectivity index (χ4v) is 2.43. The van der Waals surface area contributed by atoms with Crippen LogP contribution in [0.25, 0.3) is 0 Å². The van der Waals surface area contributed by atoms with Crippen molar-refractivity contribution < 1.29 is 4.79 Å². The molecule has 3 nitrogen and oxygen atoms in total. The Morgan fingerprint density at radius 2 is 1.94 bits per heavy atom. The molecule has 0 aliphatic carbocycles. The van der Waals surface area contributed by atoms with Gasteiger partial charge in [-0.05, 0) is 38.5 Å². The number of hydrogen-bond donors (Lipinski definition) is 0. The van der Waals surface area contributed by atoms with E-state index in [-0.39, 0.29) is 6.03 Å². The molecule has 0 radical (unpaired) electrons. The summed E-state index contributed by atoms with van der Waals surface area (Å²) in [4.78, 5) is 16.7. The summed E-state index contributed by atoms with van der Waals surface area (Å²) in [5.41, 5.74) is 0. The Bertz CT molecular complexity index is 247. The molecule has 106 valence electrons. The minimum absolute atomic E-state index is 0.268. The maximum atomic E-state index is 12.6. The number of hydrogen-bond acceptors (Lipinski definition) is 1. The third kappa shape index (κ3) is 4.18. The van der Waals surface area contributed by atoms with Crippen LogP contribution in [0.5, 0.6) is 0 Å². The van der Waals surface area contributed by atoms with E-state index in [9.17, 15) is 4.79 Å². The van der Waals surface area contributed by atoms with Crippen LogP contribution < -0.4 is 0 Å². The number of carbonyl (C=O) groups is 1. The largest absolute Gasteiger partial charge is 0.325 e. The summed E-state index contributed by atoms with van der Waals surface area (Å²) in [5.74, 6) is 0.779. The summed E-state index contributed by atoms with van der Waals surface area (Å²) in [6.45, 7) is 11.6. The highest BCUT2D eigenvalue weighted by Gasteiger charge is 2.26. The first-order chi connectivity index (χ1) is 8.60. The van der Waals surface area contributed by atoms with Crippen molar-refractivity contribution in [3.63, 3.8) is 0 Å². The average Bonchev–Trinajstić information content (AvgIpc) is 2.39. The first kappa shape index (κ1) is 15.3. The molecule has 0 bridgehead atoms. The van der Waals surface area contributed by atoms with Crippen LogP contribution in [0.3, 0.4) is 0 Å². The van der Waals surface area contributed by atoms with Crippen LogP contribution in [-0.2, 0) is 0 Å². The van der Waals surface area contributed by atoms with Crippen LogP contribution in [0, 0.1) is 5.92 Å². The van der Waals surface area contributed by atoms with Gasteiger partial charge in [-0.2, -0.15) is 0 Å². The molecule has 0 saturated carbocycles. The summed E-state index contributed by atoms with van der Waals surface area (Å²) < 4.78 is 0. The average molecular weight is 254 g/mol. The number of nitrogens with zero attached hydrogens (tertiary/aromatic N) is 2. The summed E-state index contributed by atoms with van der Waals surface area (Å²) in [6, 6.07) is 0.633. The van der Waals surface area contributed by atoms with E-state index in [4.69, 9.17) is 0 Å². The lowest BCUT2D eigenvalue weighted by molar-refractivity contribution is 0.119. The molecule has 1 atom stereocenters. The predicted octanol–water partition coefficient (Wildman–Crippen LogP) is 3.74. The van der Waals surface area contributed by atoms with E-state index in [0.717, 1.165) is 57.7 Å². The van der Waals surface area contributed by atoms with E-state index < -0.39 is 0 Å². The lowest BCUT2D eigenvalue weighted by Crippen LogP contribution is -2.49. The normalized spacial score (nSPS) is 18.8. The van der Waals surface area contributed by atoms with Gasteiger partial charge in [0.1, 0.15) is 0 Å². The van der Waals surface area contributed by atoms with E-state index >= 15 is 0 Å². The van der Waals surface area contributed by atoms with Crippen molar-refractivity contribution in [1.29, 1.82) is 0 Å². The molecule has 18 heavy (non-hydrogen) atoms. The minimum Gasteiger partial charge on any atom is -0.325 e. The fourth-order valence-electron chi connectivity index (χ4n) is 2.43. The van der Waals surface area contributed by atoms with Crippen molar-refractivity contribution in [2.75, 3.05) is 19.6 Å². The summed E-state index contributed by atoms with van der Waals surface area (Å²) in [5, 5.41) is 0. The number of piperidine rings is 1.